The Balaban J connectivity index is 1.67. The van der Waals surface area contributed by atoms with E-state index in [2.05, 4.69) is 36.3 Å². The van der Waals surface area contributed by atoms with Crippen molar-refractivity contribution in [3.63, 3.8) is 0 Å². The van der Waals surface area contributed by atoms with Gasteiger partial charge in [-0.2, -0.15) is 8.78 Å². The van der Waals surface area contributed by atoms with E-state index in [4.69, 9.17) is 14.9 Å². The Labute approximate surface area is 183 Å². The normalized spacial score (nSPS) is 10.4. The Kier molecular flexibility index (Phi) is 7.25. The molecule has 0 aliphatic carbocycles. The fraction of sp³-hybridized carbons (Fsp3) is 0.111. The first-order valence-electron chi connectivity index (χ1n) is 8.83. The predicted octanol–water partition coefficient (Wildman–Crippen LogP) is 3.17. The van der Waals surface area contributed by atoms with E-state index in [1.807, 2.05) is 10.6 Å². The number of ether oxygens (including phenoxy) is 2. The third-order valence-corrected chi connectivity index (χ3v) is 3.63. The van der Waals surface area contributed by atoms with Crippen LogP contribution in [0.3, 0.4) is 0 Å². The van der Waals surface area contributed by atoms with E-state index in [1.165, 1.54) is 36.7 Å². The molecule has 171 valence electrons. The minimum absolute atomic E-state index is 0.0000270. The van der Waals surface area contributed by atoms with Gasteiger partial charge in [0.05, 0.1) is 0 Å². The highest BCUT2D eigenvalue weighted by molar-refractivity contribution is 5.89. The second-order valence-corrected chi connectivity index (χ2v) is 5.94. The van der Waals surface area contributed by atoms with Gasteiger partial charge in [-0.25, -0.2) is 29.5 Å². The van der Waals surface area contributed by atoms with Crippen LogP contribution in [0, 0.1) is 6.33 Å². The number of nitrogens with zero attached hydrogens (tertiary/aromatic N) is 4. The zero-order chi connectivity index (χ0) is 23.8. The molecule has 0 bridgehead atoms. The molecule has 33 heavy (non-hydrogen) atoms. The zero-order valence-corrected chi connectivity index (χ0v) is 16.3. The van der Waals surface area contributed by atoms with Crippen LogP contribution in [-0.4, -0.2) is 48.9 Å². The third-order valence-electron chi connectivity index (χ3n) is 3.63. The number of hydrogen-bond acceptors (Lipinski definition) is 9. The van der Waals surface area contributed by atoms with E-state index in [0.29, 0.717) is 11.3 Å². The number of carboxylic acid groups (broad SMARTS) is 2. The number of carbonyl (C=O) groups is 2. The molecule has 0 unspecified atom stereocenters. The van der Waals surface area contributed by atoms with E-state index in [9.17, 15) is 18.4 Å². The molecule has 1 radical (unpaired) electrons. The highest BCUT2D eigenvalue weighted by Gasteiger charge is 2.17. The van der Waals surface area contributed by atoms with E-state index in [0.717, 1.165) is 0 Å². The van der Waals surface area contributed by atoms with Gasteiger partial charge in [-0.05, 0) is 24.3 Å². The molecule has 0 saturated carbocycles. The van der Waals surface area contributed by atoms with Crippen LogP contribution in [0.4, 0.5) is 41.6 Å². The molecule has 0 aliphatic rings. The van der Waals surface area contributed by atoms with Crippen molar-refractivity contribution >= 4 is 35.5 Å². The molecule has 2 aromatic heterocycles. The summed E-state index contributed by atoms with van der Waals surface area (Å²) in [5.41, 5.74) is 0.962. The highest BCUT2D eigenvalue weighted by Crippen LogP contribution is 2.30. The first kappa shape index (κ1) is 22.9. The Morgan fingerprint density at radius 1 is 1.00 bits per heavy atom. The van der Waals surface area contributed by atoms with Gasteiger partial charge in [0.2, 0.25) is 18.0 Å². The van der Waals surface area contributed by atoms with Crippen LogP contribution in [0.2, 0.25) is 0 Å². The summed E-state index contributed by atoms with van der Waals surface area (Å²) in [4.78, 5) is 37.3. The predicted molar refractivity (Wildman–Crippen MR) is 107 cm³/mol. The van der Waals surface area contributed by atoms with Crippen LogP contribution >= 0.6 is 0 Å². The Morgan fingerprint density at radius 2 is 1.58 bits per heavy atom. The molecule has 0 atom stereocenters. The maximum Gasteiger partial charge on any atom is 0.410 e. The van der Waals surface area contributed by atoms with Crippen molar-refractivity contribution < 1.29 is 38.1 Å². The van der Waals surface area contributed by atoms with Gasteiger partial charge >= 0.3 is 18.8 Å². The van der Waals surface area contributed by atoms with Gasteiger partial charge in [-0.1, -0.05) is 0 Å². The second-order valence-electron chi connectivity index (χ2n) is 5.94. The summed E-state index contributed by atoms with van der Waals surface area (Å²) in [7, 11) is 0. The van der Waals surface area contributed by atoms with Gasteiger partial charge in [0, 0.05) is 23.6 Å². The van der Waals surface area contributed by atoms with E-state index in [-0.39, 0.29) is 35.7 Å². The fourth-order valence-corrected chi connectivity index (χ4v) is 2.35. The van der Waals surface area contributed by atoms with Crippen molar-refractivity contribution in [1.82, 2.24) is 19.9 Å². The molecule has 13 nitrogen and oxygen atoms in total. The highest BCUT2D eigenvalue weighted by atomic mass is 19.3. The molecule has 0 aliphatic heterocycles. The van der Waals surface area contributed by atoms with Crippen LogP contribution in [0.25, 0.3) is 0 Å². The number of benzene rings is 1. The van der Waals surface area contributed by atoms with Gasteiger partial charge in [0.25, 0.3) is 0 Å². The van der Waals surface area contributed by atoms with E-state index >= 15 is 0 Å². The van der Waals surface area contributed by atoms with Gasteiger partial charge in [-0.3, -0.25) is 10.6 Å². The molecule has 1 aromatic carbocycles. The van der Waals surface area contributed by atoms with Crippen molar-refractivity contribution in [2.24, 2.45) is 0 Å². The Morgan fingerprint density at radius 3 is 2.09 bits per heavy atom. The standard InChI is InChI=1S/C18H14F2N7O6/c19-15(20)33-11-3-1-10(2-4-11)25-16-21-5-9(6-22-16)7-32-12-13(26-17(28)29)23-8-24-14(12)27-18(30)31/h1-6,15H,7H2,(H,28,29)(H,30,31)(H,21,22,25)(H2,23,24,26,27). The topological polar surface area (TPSA) is 181 Å². The molecular weight excluding hydrogens is 448 g/mol. The zero-order valence-electron chi connectivity index (χ0n) is 16.3. The molecule has 2 heterocycles. The second kappa shape index (κ2) is 10.5. The SMILES string of the molecule is O=C(O)Nc1n[c]nc(NC(=O)O)c1OCc1cnc(Nc2ccc(OC(F)F)cc2)nc1. The van der Waals surface area contributed by atoms with Crippen molar-refractivity contribution in [2.45, 2.75) is 13.2 Å². The average Bonchev–Trinajstić information content (AvgIpc) is 2.74. The number of aromatic nitrogens is 4. The van der Waals surface area contributed by atoms with Crippen molar-refractivity contribution in [1.29, 1.82) is 0 Å². The van der Waals surface area contributed by atoms with Crippen molar-refractivity contribution in [2.75, 3.05) is 16.0 Å². The summed E-state index contributed by atoms with van der Waals surface area (Å²) in [5, 5.41) is 24.6. The molecule has 15 heteroatoms. The van der Waals surface area contributed by atoms with Gasteiger partial charge in [0.15, 0.2) is 11.6 Å². The Bertz CT molecular complexity index is 1080. The largest absolute Gasteiger partial charge is 0.481 e. The number of rotatable bonds is 9. The molecule has 0 fully saturated rings. The maximum absolute atomic E-state index is 12.2. The molecule has 3 rings (SSSR count). The Hall–Kier alpha value is -4.82. The lowest BCUT2D eigenvalue weighted by Crippen LogP contribution is -2.15. The summed E-state index contributed by atoms with van der Waals surface area (Å²) in [5.74, 6) is -0.716. The number of hydrogen-bond donors (Lipinski definition) is 5. The van der Waals surface area contributed by atoms with Crippen LogP contribution in [0.15, 0.2) is 36.7 Å². The number of nitrogens with one attached hydrogen (secondary N) is 3. The lowest BCUT2D eigenvalue weighted by Gasteiger charge is -2.13. The summed E-state index contributed by atoms with van der Waals surface area (Å²) in [6.07, 6.45) is 1.99. The molecular formula is C18H14F2N7O6. The van der Waals surface area contributed by atoms with Crippen LogP contribution in [0.5, 0.6) is 11.5 Å². The smallest absolute Gasteiger partial charge is 0.410 e. The average molecular weight is 462 g/mol. The van der Waals surface area contributed by atoms with Crippen LogP contribution in [0.1, 0.15) is 5.56 Å². The first-order valence-corrected chi connectivity index (χ1v) is 8.83. The molecule has 2 amide bonds. The quantitative estimate of drug-likeness (QED) is 0.315. The lowest BCUT2D eigenvalue weighted by atomic mass is 10.3. The fourth-order valence-electron chi connectivity index (χ4n) is 2.35. The molecule has 0 spiro atoms. The monoisotopic (exact) mass is 462 g/mol. The van der Waals surface area contributed by atoms with Crippen LogP contribution in [-0.2, 0) is 6.61 Å². The first-order chi connectivity index (χ1) is 15.8. The maximum atomic E-state index is 12.2. The minimum atomic E-state index is -2.92. The summed E-state index contributed by atoms with van der Waals surface area (Å²) in [6.45, 7) is -3.11. The summed E-state index contributed by atoms with van der Waals surface area (Å²) >= 11 is 0. The van der Waals surface area contributed by atoms with Crippen LogP contribution < -0.4 is 25.4 Å². The van der Waals surface area contributed by atoms with Crippen molar-refractivity contribution in [3.05, 3.63) is 48.5 Å². The number of alkyl halides is 2. The number of anilines is 4. The minimum Gasteiger partial charge on any atom is -0.481 e. The van der Waals surface area contributed by atoms with Gasteiger partial charge in [0.1, 0.15) is 12.4 Å². The molecule has 3 aromatic rings. The third kappa shape index (κ3) is 6.84. The van der Waals surface area contributed by atoms with Crippen molar-refractivity contribution in [3.8, 4) is 11.5 Å². The van der Waals surface area contributed by atoms with E-state index < -0.39 is 18.8 Å². The van der Waals surface area contributed by atoms with E-state index in [1.54, 1.807) is 0 Å². The molecule has 0 saturated heterocycles. The summed E-state index contributed by atoms with van der Waals surface area (Å²) in [6, 6.07) is 5.69. The van der Waals surface area contributed by atoms with Gasteiger partial charge in [-0.15, -0.1) is 0 Å². The number of halogens is 2. The summed E-state index contributed by atoms with van der Waals surface area (Å²) < 4.78 is 34.1. The lowest BCUT2D eigenvalue weighted by molar-refractivity contribution is -0.0498. The van der Waals surface area contributed by atoms with Gasteiger partial charge < -0.3 is 25.0 Å². The molecule has 5 N–H and O–H groups in total. The number of amides is 2.